The Bertz CT molecular complexity index is 383. The maximum absolute atomic E-state index is 6.08. The first kappa shape index (κ1) is 16.5. The van der Waals surface area contributed by atoms with Crippen LogP contribution in [0.1, 0.15) is 20.8 Å². The number of hydrogen-bond acceptors (Lipinski definition) is 4. The van der Waals surface area contributed by atoms with Crippen molar-refractivity contribution in [3.63, 3.8) is 0 Å². The summed E-state index contributed by atoms with van der Waals surface area (Å²) < 4.78 is 22.9. The topological polar surface area (TPSA) is 36.9 Å². The van der Waals surface area contributed by atoms with Gasteiger partial charge in [0.1, 0.15) is 5.75 Å². The van der Waals surface area contributed by atoms with Gasteiger partial charge in [-0.15, -0.1) is 0 Å². The van der Waals surface area contributed by atoms with Gasteiger partial charge in [0.25, 0.3) is 0 Å². The van der Waals surface area contributed by atoms with Crippen LogP contribution in [-0.2, 0) is 13.3 Å². The summed E-state index contributed by atoms with van der Waals surface area (Å²) in [5, 5.41) is 1.37. The molecule has 0 heterocycles. The van der Waals surface area contributed by atoms with Gasteiger partial charge < -0.3 is 18.0 Å². The van der Waals surface area contributed by atoms with E-state index in [0.717, 1.165) is 5.19 Å². The molecular weight excluding hydrogens is 284 g/mol. The molecule has 4 nitrogen and oxygen atoms in total. The average molecular weight is 305 g/mol. The number of halogens is 1. The molecule has 0 aliphatic carbocycles. The molecule has 0 aliphatic heterocycles. The van der Waals surface area contributed by atoms with Crippen molar-refractivity contribution < 1.29 is 18.0 Å². The third-order valence-electron chi connectivity index (χ3n) is 2.49. The summed E-state index contributed by atoms with van der Waals surface area (Å²) in [4.78, 5) is 0. The molecule has 19 heavy (non-hydrogen) atoms. The Morgan fingerprint density at radius 1 is 1.00 bits per heavy atom. The van der Waals surface area contributed by atoms with E-state index in [-0.39, 0.29) is 0 Å². The second kappa shape index (κ2) is 7.87. The fraction of sp³-hybridized carbons (Fsp3) is 0.538. The second-order valence-electron chi connectivity index (χ2n) is 3.70. The van der Waals surface area contributed by atoms with E-state index in [1.54, 1.807) is 25.3 Å². The van der Waals surface area contributed by atoms with Gasteiger partial charge in [-0.1, -0.05) is 11.6 Å². The Balaban J connectivity index is 3.31. The van der Waals surface area contributed by atoms with Crippen molar-refractivity contribution >= 4 is 25.6 Å². The van der Waals surface area contributed by atoms with Crippen LogP contribution in [0.25, 0.3) is 0 Å². The lowest BCUT2D eigenvalue weighted by molar-refractivity contribution is 0.0854. The van der Waals surface area contributed by atoms with E-state index in [0.29, 0.717) is 30.6 Å². The predicted octanol–water partition coefficient (Wildman–Crippen LogP) is 2.60. The molecule has 0 aliphatic rings. The van der Waals surface area contributed by atoms with Crippen molar-refractivity contribution in [2.24, 2.45) is 0 Å². The number of hydrogen-bond donors (Lipinski definition) is 0. The highest BCUT2D eigenvalue weighted by Gasteiger charge is 2.45. The fourth-order valence-corrected chi connectivity index (χ4v) is 4.79. The summed E-state index contributed by atoms with van der Waals surface area (Å²) in [7, 11) is -1.37. The van der Waals surface area contributed by atoms with Gasteiger partial charge in [-0.3, -0.25) is 0 Å². The Hall–Kier alpha value is -0.593. The third-order valence-corrected chi connectivity index (χ3v) is 5.79. The number of methoxy groups -OCH3 is 1. The summed E-state index contributed by atoms with van der Waals surface area (Å²) in [5.74, 6) is 0.673. The maximum atomic E-state index is 6.08. The summed E-state index contributed by atoms with van der Waals surface area (Å²) >= 11 is 6.08. The van der Waals surface area contributed by atoms with Crippen LogP contribution in [-0.4, -0.2) is 35.7 Å². The number of ether oxygens (including phenoxy) is 1. The van der Waals surface area contributed by atoms with Crippen LogP contribution in [0, 0.1) is 0 Å². The van der Waals surface area contributed by atoms with Crippen molar-refractivity contribution in [2.45, 2.75) is 20.8 Å². The van der Waals surface area contributed by atoms with Crippen LogP contribution in [0.3, 0.4) is 0 Å². The average Bonchev–Trinajstić information content (AvgIpc) is 2.39. The molecule has 108 valence electrons. The Labute approximate surface area is 120 Å². The van der Waals surface area contributed by atoms with Crippen molar-refractivity contribution in [3.05, 3.63) is 23.2 Å². The largest absolute Gasteiger partial charge is 0.541 e. The Kier molecular flexibility index (Phi) is 6.81. The first-order chi connectivity index (χ1) is 9.13. The molecule has 0 bridgehead atoms. The monoisotopic (exact) mass is 304 g/mol. The molecule has 1 aromatic carbocycles. The van der Waals surface area contributed by atoms with Gasteiger partial charge in [0, 0.05) is 24.8 Å². The molecule has 0 fully saturated rings. The molecule has 0 N–H and O–H groups in total. The van der Waals surface area contributed by atoms with E-state index in [4.69, 9.17) is 29.6 Å². The lowest BCUT2D eigenvalue weighted by atomic mass is 10.3. The van der Waals surface area contributed by atoms with Crippen LogP contribution in [0.4, 0.5) is 0 Å². The van der Waals surface area contributed by atoms with E-state index in [1.807, 2.05) is 20.8 Å². The van der Waals surface area contributed by atoms with Crippen LogP contribution < -0.4 is 9.92 Å². The molecular formula is C13H21ClO4Si. The molecule has 0 aromatic heterocycles. The van der Waals surface area contributed by atoms with Gasteiger partial charge >= 0.3 is 8.80 Å². The highest BCUT2D eigenvalue weighted by molar-refractivity contribution is 6.76. The van der Waals surface area contributed by atoms with E-state index in [9.17, 15) is 0 Å². The highest BCUT2D eigenvalue weighted by atomic mass is 35.5. The Morgan fingerprint density at radius 2 is 1.53 bits per heavy atom. The van der Waals surface area contributed by atoms with Gasteiger partial charge in [-0.25, -0.2) is 0 Å². The van der Waals surface area contributed by atoms with Crippen molar-refractivity contribution in [1.29, 1.82) is 0 Å². The molecule has 0 amide bonds. The molecule has 1 aromatic rings. The summed E-state index contributed by atoms with van der Waals surface area (Å²) in [6.07, 6.45) is 0. The van der Waals surface area contributed by atoms with E-state index in [2.05, 4.69) is 0 Å². The van der Waals surface area contributed by atoms with Crippen LogP contribution in [0.2, 0.25) is 5.02 Å². The van der Waals surface area contributed by atoms with Gasteiger partial charge in [0.15, 0.2) is 0 Å². The highest BCUT2D eigenvalue weighted by Crippen LogP contribution is 2.21. The van der Waals surface area contributed by atoms with Crippen molar-refractivity contribution in [3.8, 4) is 5.75 Å². The Morgan fingerprint density at radius 3 is 1.95 bits per heavy atom. The molecule has 0 unspecified atom stereocenters. The van der Waals surface area contributed by atoms with Crippen LogP contribution in [0.15, 0.2) is 18.2 Å². The van der Waals surface area contributed by atoms with E-state index >= 15 is 0 Å². The minimum atomic E-state index is -2.98. The zero-order valence-corrected chi connectivity index (χ0v) is 13.6. The molecule has 0 atom stereocenters. The fourth-order valence-electron chi connectivity index (χ4n) is 1.85. The standard InChI is InChI=1S/C13H21ClO4Si/c1-5-16-19(17-6-2,18-7-3)13-10-11(14)8-9-12(13)15-4/h8-10H,5-7H2,1-4H3. The third kappa shape index (κ3) is 3.93. The van der Waals surface area contributed by atoms with Gasteiger partial charge in [-0.05, 0) is 39.0 Å². The lowest BCUT2D eigenvalue weighted by Crippen LogP contribution is -2.57. The van der Waals surface area contributed by atoms with E-state index in [1.165, 1.54) is 0 Å². The quantitative estimate of drug-likeness (QED) is 0.692. The number of rotatable bonds is 8. The minimum absolute atomic E-state index is 0.502. The summed E-state index contributed by atoms with van der Waals surface area (Å²) in [6, 6.07) is 5.37. The van der Waals surface area contributed by atoms with Gasteiger partial charge in [-0.2, -0.15) is 0 Å². The smallest absolute Gasteiger partial charge is 0.497 e. The minimum Gasteiger partial charge on any atom is -0.497 e. The van der Waals surface area contributed by atoms with Gasteiger partial charge in [0.2, 0.25) is 0 Å². The summed E-state index contributed by atoms with van der Waals surface area (Å²) in [5.41, 5.74) is 0. The first-order valence-electron chi connectivity index (χ1n) is 6.39. The first-order valence-corrected chi connectivity index (χ1v) is 8.49. The van der Waals surface area contributed by atoms with E-state index < -0.39 is 8.80 Å². The number of benzene rings is 1. The molecule has 0 saturated carbocycles. The predicted molar refractivity (Wildman–Crippen MR) is 78.3 cm³/mol. The van der Waals surface area contributed by atoms with Crippen LogP contribution in [0.5, 0.6) is 5.75 Å². The molecule has 0 saturated heterocycles. The summed E-state index contributed by atoms with van der Waals surface area (Å²) in [6.45, 7) is 7.25. The van der Waals surface area contributed by atoms with Crippen molar-refractivity contribution in [1.82, 2.24) is 0 Å². The second-order valence-corrected chi connectivity index (χ2v) is 6.65. The zero-order chi connectivity index (χ0) is 14.3. The maximum Gasteiger partial charge on any atom is 0.541 e. The molecule has 6 heteroatoms. The lowest BCUT2D eigenvalue weighted by Gasteiger charge is -2.29. The van der Waals surface area contributed by atoms with Crippen molar-refractivity contribution in [2.75, 3.05) is 26.9 Å². The zero-order valence-electron chi connectivity index (χ0n) is 11.9. The normalized spacial score (nSPS) is 11.6. The molecule has 0 radical (unpaired) electrons. The molecule has 1 rings (SSSR count). The SMILES string of the molecule is CCO[Si](OCC)(OCC)c1cc(Cl)ccc1OC. The molecule has 0 spiro atoms. The van der Waals surface area contributed by atoms with Crippen LogP contribution >= 0.6 is 11.6 Å². The van der Waals surface area contributed by atoms with Gasteiger partial charge in [0.05, 0.1) is 12.3 Å².